The second-order valence-corrected chi connectivity index (χ2v) is 4.28. The Bertz CT molecular complexity index is 426. The van der Waals surface area contributed by atoms with Crippen molar-refractivity contribution in [2.45, 2.75) is 26.3 Å². The molecule has 0 unspecified atom stereocenters. The lowest BCUT2D eigenvalue weighted by molar-refractivity contribution is -0.130. The van der Waals surface area contributed by atoms with Gasteiger partial charge in [-0.15, -0.1) is 0 Å². The van der Waals surface area contributed by atoms with Crippen molar-refractivity contribution in [1.29, 1.82) is 0 Å². The Morgan fingerprint density at radius 2 is 2.00 bits per heavy atom. The fraction of sp³-hybridized carbons (Fsp3) is 0.385. The van der Waals surface area contributed by atoms with Crippen LogP contribution in [0.25, 0.3) is 0 Å². The first kappa shape index (κ1) is 13.2. The molecule has 1 N–H and O–H groups in total. The van der Waals surface area contributed by atoms with Gasteiger partial charge in [-0.1, -0.05) is 12.1 Å². The summed E-state index contributed by atoms with van der Waals surface area (Å²) in [5, 5.41) is 8.85. The molecule has 92 valence electrons. The molecule has 1 amide bonds. The maximum Gasteiger partial charge on any atom is 0.335 e. The lowest BCUT2D eigenvalue weighted by Gasteiger charge is -2.21. The second kappa shape index (κ2) is 5.48. The average molecular weight is 235 g/mol. The molecule has 1 aromatic rings. The van der Waals surface area contributed by atoms with Crippen molar-refractivity contribution in [2.24, 2.45) is 0 Å². The summed E-state index contributed by atoms with van der Waals surface area (Å²) in [4.78, 5) is 24.2. The van der Waals surface area contributed by atoms with Crippen LogP contribution >= 0.6 is 0 Å². The minimum absolute atomic E-state index is 0.0115. The molecule has 0 fully saturated rings. The predicted molar refractivity (Wildman–Crippen MR) is 65.0 cm³/mol. The number of nitrogens with zero attached hydrogens (tertiary/aromatic N) is 1. The summed E-state index contributed by atoms with van der Waals surface area (Å²) < 4.78 is 0. The summed E-state index contributed by atoms with van der Waals surface area (Å²) in [6.45, 7) is 3.87. The highest BCUT2D eigenvalue weighted by Gasteiger charge is 2.13. The summed E-state index contributed by atoms with van der Waals surface area (Å²) in [7, 11) is 1.74. The van der Waals surface area contributed by atoms with Gasteiger partial charge in [0, 0.05) is 13.1 Å². The van der Waals surface area contributed by atoms with E-state index in [0.717, 1.165) is 5.56 Å². The van der Waals surface area contributed by atoms with Crippen LogP contribution in [0.2, 0.25) is 0 Å². The van der Waals surface area contributed by atoms with Crippen LogP contribution in [0.3, 0.4) is 0 Å². The fourth-order valence-corrected chi connectivity index (χ4v) is 1.40. The number of carbonyl (C=O) groups excluding carboxylic acids is 1. The Morgan fingerprint density at radius 1 is 1.35 bits per heavy atom. The molecule has 0 bridgehead atoms. The highest BCUT2D eigenvalue weighted by molar-refractivity contribution is 5.88. The number of carboxylic acid groups (broad SMARTS) is 1. The van der Waals surface area contributed by atoms with E-state index < -0.39 is 5.97 Å². The van der Waals surface area contributed by atoms with Crippen molar-refractivity contribution in [2.75, 3.05) is 7.05 Å². The summed E-state index contributed by atoms with van der Waals surface area (Å²) in [6.07, 6.45) is 0.232. The summed E-state index contributed by atoms with van der Waals surface area (Å²) >= 11 is 0. The van der Waals surface area contributed by atoms with Crippen molar-refractivity contribution in [3.63, 3.8) is 0 Å². The monoisotopic (exact) mass is 235 g/mol. The van der Waals surface area contributed by atoms with Gasteiger partial charge in [0.2, 0.25) is 5.91 Å². The van der Waals surface area contributed by atoms with E-state index in [2.05, 4.69) is 0 Å². The molecule has 1 aromatic carbocycles. The molecule has 0 aliphatic carbocycles. The zero-order valence-electron chi connectivity index (χ0n) is 10.3. The molecule has 0 saturated heterocycles. The van der Waals surface area contributed by atoms with Gasteiger partial charge >= 0.3 is 5.97 Å². The third-order valence-electron chi connectivity index (χ3n) is 2.70. The standard InChI is InChI=1S/C13H17NO3/c1-9(2)14(3)12(15)8-10-5-4-6-11(7-10)13(16)17/h4-7,9H,8H2,1-3H3,(H,16,17). The van der Waals surface area contributed by atoms with Gasteiger partial charge in [0.1, 0.15) is 0 Å². The number of hydrogen-bond donors (Lipinski definition) is 1. The van der Waals surface area contributed by atoms with Crippen LogP contribution in [0.4, 0.5) is 0 Å². The van der Waals surface area contributed by atoms with Gasteiger partial charge < -0.3 is 10.0 Å². The molecule has 0 aliphatic rings. The largest absolute Gasteiger partial charge is 0.478 e. The summed E-state index contributed by atoms with van der Waals surface area (Å²) in [6, 6.07) is 6.61. The molecule has 0 spiro atoms. The van der Waals surface area contributed by atoms with Crippen LogP contribution in [0.15, 0.2) is 24.3 Å². The van der Waals surface area contributed by atoms with Crippen LogP contribution in [-0.4, -0.2) is 35.0 Å². The second-order valence-electron chi connectivity index (χ2n) is 4.28. The average Bonchev–Trinajstić information content (AvgIpc) is 2.28. The number of carboxylic acids is 1. The van der Waals surface area contributed by atoms with Crippen LogP contribution in [0.1, 0.15) is 29.8 Å². The normalized spacial score (nSPS) is 10.4. The first-order chi connectivity index (χ1) is 7.91. The van der Waals surface area contributed by atoms with Gasteiger partial charge in [-0.2, -0.15) is 0 Å². The van der Waals surface area contributed by atoms with Gasteiger partial charge in [0.25, 0.3) is 0 Å². The van der Waals surface area contributed by atoms with E-state index >= 15 is 0 Å². The Morgan fingerprint density at radius 3 is 2.53 bits per heavy atom. The molecule has 4 heteroatoms. The quantitative estimate of drug-likeness (QED) is 0.865. The van der Waals surface area contributed by atoms with Gasteiger partial charge in [0.15, 0.2) is 0 Å². The van der Waals surface area contributed by atoms with E-state index in [0.29, 0.717) is 0 Å². The lowest BCUT2D eigenvalue weighted by atomic mass is 10.1. The van der Waals surface area contributed by atoms with Crippen LogP contribution in [0.5, 0.6) is 0 Å². The molecule has 0 aromatic heterocycles. The number of hydrogen-bond acceptors (Lipinski definition) is 2. The summed E-state index contributed by atoms with van der Waals surface area (Å²) in [5.74, 6) is -0.987. The topological polar surface area (TPSA) is 57.6 Å². The molecule has 0 saturated carbocycles. The first-order valence-electron chi connectivity index (χ1n) is 5.49. The van der Waals surface area contributed by atoms with Gasteiger partial charge in [-0.05, 0) is 31.5 Å². The lowest BCUT2D eigenvalue weighted by Crippen LogP contribution is -2.34. The van der Waals surface area contributed by atoms with Crippen LogP contribution in [-0.2, 0) is 11.2 Å². The minimum atomic E-state index is -0.975. The number of aromatic carboxylic acids is 1. The molecule has 4 nitrogen and oxygen atoms in total. The SMILES string of the molecule is CC(C)N(C)C(=O)Cc1cccc(C(=O)O)c1. The Hall–Kier alpha value is -1.84. The predicted octanol–water partition coefficient (Wildman–Crippen LogP) is 1.79. The summed E-state index contributed by atoms with van der Waals surface area (Å²) in [5.41, 5.74) is 0.935. The highest BCUT2D eigenvalue weighted by Crippen LogP contribution is 2.08. The third-order valence-corrected chi connectivity index (χ3v) is 2.70. The van der Waals surface area contributed by atoms with E-state index in [-0.39, 0.29) is 23.9 Å². The van der Waals surface area contributed by atoms with E-state index in [4.69, 9.17) is 5.11 Å². The fourth-order valence-electron chi connectivity index (χ4n) is 1.40. The Kier molecular flexibility index (Phi) is 4.26. The Balaban J connectivity index is 2.78. The molecule has 0 aliphatic heterocycles. The minimum Gasteiger partial charge on any atom is -0.478 e. The first-order valence-corrected chi connectivity index (χ1v) is 5.49. The number of amides is 1. The van der Waals surface area contributed by atoms with Gasteiger partial charge in [0.05, 0.1) is 12.0 Å². The zero-order valence-corrected chi connectivity index (χ0v) is 10.3. The van der Waals surface area contributed by atoms with Gasteiger partial charge in [-0.3, -0.25) is 4.79 Å². The number of carbonyl (C=O) groups is 2. The van der Waals surface area contributed by atoms with Crippen molar-refractivity contribution in [3.05, 3.63) is 35.4 Å². The smallest absolute Gasteiger partial charge is 0.335 e. The molecular formula is C13H17NO3. The maximum atomic E-state index is 11.8. The molecular weight excluding hydrogens is 218 g/mol. The molecule has 0 radical (unpaired) electrons. The van der Waals surface area contributed by atoms with E-state index in [1.54, 1.807) is 24.1 Å². The van der Waals surface area contributed by atoms with Crippen molar-refractivity contribution < 1.29 is 14.7 Å². The maximum absolute atomic E-state index is 11.8. The van der Waals surface area contributed by atoms with Crippen molar-refractivity contribution in [1.82, 2.24) is 4.90 Å². The van der Waals surface area contributed by atoms with Crippen LogP contribution in [0, 0.1) is 0 Å². The van der Waals surface area contributed by atoms with Crippen LogP contribution < -0.4 is 0 Å². The third kappa shape index (κ3) is 3.59. The van der Waals surface area contributed by atoms with Gasteiger partial charge in [-0.25, -0.2) is 4.79 Å². The van der Waals surface area contributed by atoms with Crippen molar-refractivity contribution >= 4 is 11.9 Å². The van der Waals surface area contributed by atoms with E-state index in [1.165, 1.54) is 12.1 Å². The molecule has 0 atom stereocenters. The Labute approximate surface area is 101 Å². The van der Waals surface area contributed by atoms with E-state index in [9.17, 15) is 9.59 Å². The number of benzene rings is 1. The van der Waals surface area contributed by atoms with E-state index in [1.807, 2.05) is 13.8 Å². The molecule has 0 heterocycles. The molecule has 1 rings (SSSR count). The molecule has 17 heavy (non-hydrogen) atoms. The number of rotatable bonds is 4. The van der Waals surface area contributed by atoms with Crippen molar-refractivity contribution in [3.8, 4) is 0 Å². The zero-order chi connectivity index (χ0) is 13.0. The highest BCUT2D eigenvalue weighted by atomic mass is 16.4. The number of likely N-dealkylation sites (N-methyl/N-ethyl adjacent to an activating group) is 1.